The van der Waals surface area contributed by atoms with E-state index in [0.717, 1.165) is 10.7 Å². The molecular formula is C13H12ClN3O2S. The van der Waals surface area contributed by atoms with Gasteiger partial charge in [-0.15, -0.1) is 0 Å². The monoisotopic (exact) mass is 309 g/mol. The zero-order valence-electron chi connectivity index (χ0n) is 10.7. The van der Waals surface area contributed by atoms with Crippen molar-refractivity contribution in [2.75, 3.05) is 13.2 Å². The molecule has 0 aromatic carbocycles. The number of amidine groups is 1. The van der Waals surface area contributed by atoms with E-state index in [1.54, 1.807) is 18.5 Å². The van der Waals surface area contributed by atoms with Crippen molar-refractivity contribution in [2.45, 2.75) is 13.0 Å². The van der Waals surface area contributed by atoms with Crippen LogP contribution >= 0.6 is 23.4 Å². The highest BCUT2D eigenvalue weighted by Crippen LogP contribution is 2.38. The molecule has 0 amide bonds. The number of halogens is 1. The Bertz CT molecular complexity index is 617. The van der Waals surface area contributed by atoms with Crippen LogP contribution in [0.2, 0.25) is 5.15 Å². The van der Waals surface area contributed by atoms with Crippen LogP contribution < -0.4 is 0 Å². The van der Waals surface area contributed by atoms with Crippen molar-refractivity contribution in [2.24, 2.45) is 4.99 Å². The summed E-state index contributed by atoms with van der Waals surface area (Å²) in [5.74, 6) is -0.317. The van der Waals surface area contributed by atoms with Crippen molar-refractivity contribution in [3.63, 3.8) is 0 Å². The number of ether oxygens (including phenoxy) is 1. The fraction of sp³-hybridized carbons (Fsp3) is 0.308. The van der Waals surface area contributed by atoms with E-state index in [9.17, 15) is 4.79 Å². The Kier molecular flexibility index (Phi) is 3.67. The summed E-state index contributed by atoms with van der Waals surface area (Å²) in [6.07, 6.45) is 1.65. The lowest BCUT2D eigenvalue weighted by atomic mass is 10.1. The molecule has 1 unspecified atom stereocenters. The van der Waals surface area contributed by atoms with Crippen LogP contribution in [0.25, 0.3) is 0 Å². The molecule has 1 aromatic heterocycles. The van der Waals surface area contributed by atoms with Crippen molar-refractivity contribution < 1.29 is 9.53 Å². The van der Waals surface area contributed by atoms with E-state index >= 15 is 0 Å². The predicted octanol–water partition coefficient (Wildman–Crippen LogP) is 2.60. The lowest BCUT2D eigenvalue weighted by Gasteiger charge is -2.17. The molecule has 0 bridgehead atoms. The normalized spacial score (nSPS) is 20.5. The largest absolute Gasteiger partial charge is 0.461 e. The zero-order chi connectivity index (χ0) is 14.1. The van der Waals surface area contributed by atoms with Gasteiger partial charge in [0.15, 0.2) is 5.17 Å². The Balaban J connectivity index is 1.80. The van der Waals surface area contributed by atoms with E-state index < -0.39 is 0 Å². The quantitative estimate of drug-likeness (QED) is 0.634. The number of thioether (sulfide) groups is 1. The molecule has 0 aliphatic carbocycles. The molecule has 1 atom stereocenters. The number of carbonyl (C=O) groups excluding carboxylic acids is 1. The maximum absolute atomic E-state index is 11.9. The second-order valence-electron chi connectivity index (χ2n) is 4.26. The van der Waals surface area contributed by atoms with Crippen molar-refractivity contribution in [3.8, 4) is 0 Å². The number of aromatic nitrogens is 1. The average molecular weight is 310 g/mol. The molecule has 0 saturated heterocycles. The highest BCUT2D eigenvalue weighted by atomic mass is 35.5. The third-order valence-corrected chi connectivity index (χ3v) is 4.24. The van der Waals surface area contributed by atoms with Crippen molar-refractivity contribution in [1.29, 1.82) is 0 Å². The summed E-state index contributed by atoms with van der Waals surface area (Å²) in [6, 6.07) is 3.64. The van der Waals surface area contributed by atoms with Gasteiger partial charge in [0.1, 0.15) is 10.9 Å². The van der Waals surface area contributed by atoms with Gasteiger partial charge in [0.2, 0.25) is 0 Å². The first-order chi connectivity index (χ1) is 9.70. The van der Waals surface area contributed by atoms with Crippen LogP contribution in [-0.4, -0.2) is 34.2 Å². The first-order valence-electron chi connectivity index (χ1n) is 6.20. The van der Waals surface area contributed by atoms with E-state index in [1.807, 2.05) is 17.0 Å². The highest BCUT2D eigenvalue weighted by molar-refractivity contribution is 8.16. The van der Waals surface area contributed by atoms with Gasteiger partial charge >= 0.3 is 5.97 Å². The van der Waals surface area contributed by atoms with Crippen molar-refractivity contribution in [3.05, 3.63) is 40.2 Å². The molecule has 3 rings (SSSR count). The summed E-state index contributed by atoms with van der Waals surface area (Å²) in [6.45, 7) is 2.73. The summed E-state index contributed by atoms with van der Waals surface area (Å²) in [7, 11) is 0. The van der Waals surface area contributed by atoms with Crippen LogP contribution in [0.5, 0.6) is 0 Å². The standard InChI is InChI=1S/C13H12ClN3O2S/c1-2-19-12(18)10-7-20-13-16-9(6-17(10)13)8-4-3-5-15-11(8)14/h3-5,7,9H,2,6H2,1H3. The van der Waals surface area contributed by atoms with Crippen LogP contribution in [0.3, 0.4) is 0 Å². The smallest absolute Gasteiger partial charge is 0.355 e. The molecule has 0 saturated carbocycles. The third kappa shape index (κ3) is 2.29. The molecule has 1 aromatic rings. The van der Waals surface area contributed by atoms with Gasteiger partial charge < -0.3 is 9.64 Å². The van der Waals surface area contributed by atoms with Gasteiger partial charge in [-0.1, -0.05) is 29.4 Å². The van der Waals surface area contributed by atoms with Crippen LogP contribution in [0.1, 0.15) is 18.5 Å². The van der Waals surface area contributed by atoms with Crippen molar-refractivity contribution >= 4 is 34.5 Å². The Morgan fingerprint density at radius 2 is 2.50 bits per heavy atom. The summed E-state index contributed by atoms with van der Waals surface area (Å²) in [5, 5.41) is 3.03. The average Bonchev–Trinajstić information content (AvgIpc) is 2.99. The maximum atomic E-state index is 11.9. The Morgan fingerprint density at radius 1 is 1.65 bits per heavy atom. The number of carbonyl (C=O) groups is 1. The first kappa shape index (κ1) is 13.5. The first-order valence-corrected chi connectivity index (χ1v) is 7.46. The molecule has 5 nitrogen and oxygen atoms in total. The second-order valence-corrected chi connectivity index (χ2v) is 5.46. The van der Waals surface area contributed by atoms with E-state index in [0.29, 0.717) is 24.0 Å². The van der Waals surface area contributed by atoms with Gasteiger partial charge in [0, 0.05) is 17.2 Å². The molecule has 0 fully saturated rings. The highest BCUT2D eigenvalue weighted by Gasteiger charge is 2.36. The van der Waals surface area contributed by atoms with E-state index in [4.69, 9.17) is 16.3 Å². The van der Waals surface area contributed by atoms with Crippen LogP contribution in [0.15, 0.2) is 34.4 Å². The van der Waals surface area contributed by atoms with Crippen LogP contribution in [0.4, 0.5) is 0 Å². The predicted molar refractivity (Wildman–Crippen MR) is 78.4 cm³/mol. The lowest BCUT2D eigenvalue weighted by Crippen LogP contribution is -2.27. The summed E-state index contributed by atoms with van der Waals surface area (Å²) < 4.78 is 5.04. The molecule has 20 heavy (non-hydrogen) atoms. The zero-order valence-corrected chi connectivity index (χ0v) is 12.3. The van der Waals surface area contributed by atoms with Gasteiger partial charge in [0.25, 0.3) is 0 Å². The minimum Gasteiger partial charge on any atom is -0.461 e. The number of nitrogens with zero attached hydrogens (tertiary/aromatic N) is 3. The SMILES string of the molecule is CCOC(=O)C1=CSC2=NC(c3cccnc3Cl)CN12. The maximum Gasteiger partial charge on any atom is 0.355 e. The second kappa shape index (κ2) is 5.46. The van der Waals surface area contributed by atoms with Gasteiger partial charge in [0.05, 0.1) is 19.2 Å². The summed E-state index contributed by atoms with van der Waals surface area (Å²) >= 11 is 7.53. The van der Waals surface area contributed by atoms with E-state index in [-0.39, 0.29) is 12.0 Å². The van der Waals surface area contributed by atoms with Gasteiger partial charge in [-0.05, 0) is 13.0 Å². The number of rotatable bonds is 3. The Labute approximate surface area is 125 Å². The fourth-order valence-corrected chi connectivity index (χ4v) is 3.31. The van der Waals surface area contributed by atoms with Gasteiger partial charge in [-0.25, -0.2) is 9.78 Å². The van der Waals surface area contributed by atoms with Crippen LogP contribution in [0, 0.1) is 0 Å². The summed E-state index contributed by atoms with van der Waals surface area (Å²) in [5.41, 5.74) is 1.41. The number of pyridine rings is 1. The number of fused-ring (bicyclic) bond motifs is 1. The molecule has 2 aliphatic heterocycles. The number of hydrogen-bond donors (Lipinski definition) is 0. The van der Waals surface area contributed by atoms with E-state index in [1.165, 1.54) is 11.8 Å². The molecule has 0 spiro atoms. The molecule has 3 heterocycles. The number of aliphatic imine (C=N–C) groups is 1. The topological polar surface area (TPSA) is 54.8 Å². The Morgan fingerprint density at radius 3 is 3.25 bits per heavy atom. The molecule has 7 heteroatoms. The molecular weight excluding hydrogens is 298 g/mol. The van der Waals surface area contributed by atoms with Crippen LogP contribution in [-0.2, 0) is 9.53 Å². The molecule has 2 aliphatic rings. The van der Waals surface area contributed by atoms with E-state index in [2.05, 4.69) is 9.98 Å². The number of esters is 1. The fourth-order valence-electron chi connectivity index (χ4n) is 2.14. The molecule has 0 radical (unpaired) electrons. The minimum absolute atomic E-state index is 0.100. The van der Waals surface area contributed by atoms with Gasteiger partial charge in [-0.2, -0.15) is 0 Å². The lowest BCUT2D eigenvalue weighted by molar-refractivity contribution is -0.139. The molecule has 0 N–H and O–H groups in total. The summed E-state index contributed by atoms with van der Waals surface area (Å²) in [4.78, 5) is 22.4. The van der Waals surface area contributed by atoms with Crippen molar-refractivity contribution in [1.82, 2.24) is 9.88 Å². The van der Waals surface area contributed by atoms with Gasteiger partial charge in [-0.3, -0.25) is 4.99 Å². The minimum atomic E-state index is -0.317. The Hall–Kier alpha value is -1.53. The third-order valence-electron chi connectivity index (χ3n) is 3.05. The number of hydrogen-bond acceptors (Lipinski definition) is 6. The molecule has 104 valence electrons.